The zero-order valence-corrected chi connectivity index (χ0v) is 13.6. The second kappa shape index (κ2) is 7.95. The second-order valence-electron chi connectivity index (χ2n) is 4.82. The van der Waals surface area contributed by atoms with Gasteiger partial charge in [-0.1, -0.05) is 0 Å². The third-order valence-electron chi connectivity index (χ3n) is 3.16. The normalized spacial score (nSPS) is 13.5. The molecular weight excluding hydrogens is 316 g/mol. The van der Waals surface area contributed by atoms with Gasteiger partial charge in [0.1, 0.15) is 0 Å². The first-order valence-corrected chi connectivity index (χ1v) is 7.03. The third kappa shape index (κ3) is 4.22. The topological polar surface area (TPSA) is 111 Å². The Bertz CT molecular complexity index is 674. The lowest BCUT2D eigenvalue weighted by Crippen LogP contribution is -2.20. The predicted molar refractivity (Wildman–Crippen MR) is 86.6 cm³/mol. The summed E-state index contributed by atoms with van der Waals surface area (Å²) in [4.78, 5) is 22.7. The average molecular weight is 334 g/mol. The number of benzene rings is 1. The summed E-state index contributed by atoms with van der Waals surface area (Å²) in [6.07, 6.45) is 1.58. The number of ether oxygens (including phenoxy) is 3. The molecule has 0 aromatic heterocycles. The monoisotopic (exact) mass is 334 g/mol. The molecule has 0 atom stereocenters. The summed E-state index contributed by atoms with van der Waals surface area (Å²) in [6, 6.07) is 3.39. The van der Waals surface area contributed by atoms with Crippen molar-refractivity contribution < 1.29 is 23.8 Å². The van der Waals surface area contributed by atoms with Gasteiger partial charge in [-0.05, 0) is 12.1 Å². The van der Waals surface area contributed by atoms with Crippen molar-refractivity contribution in [1.82, 2.24) is 10.9 Å². The molecule has 0 unspecified atom stereocenters. The number of methoxy groups -OCH3 is 3. The Balaban J connectivity index is 2.01. The summed E-state index contributed by atoms with van der Waals surface area (Å²) in [5.41, 5.74) is 5.78. The lowest BCUT2D eigenvalue weighted by molar-refractivity contribution is -0.119. The number of hydrazone groups is 2. The van der Waals surface area contributed by atoms with E-state index in [4.69, 9.17) is 14.2 Å². The fraction of sp³-hybridized carbons (Fsp3) is 0.333. The number of rotatable bonds is 7. The van der Waals surface area contributed by atoms with Crippen LogP contribution in [0.25, 0.3) is 0 Å². The molecule has 0 fully saturated rings. The molecule has 1 heterocycles. The van der Waals surface area contributed by atoms with Crippen LogP contribution in [0.2, 0.25) is 0 Å². The van der Waals surface area contributed by atoms with Crippen LogP contribution in [0.3, 0.4) is 0 Å². The molecule has 0 saturated heterocycles. The predicted octanol–water partition coefficient (Wildman–Crippen LogP) is 0.428. The van der Waals surface area contributed by atoms with E-state index >= 15 is 0 Å². The van der Waals surface area contributed by atoms with Gasteiger partial charge in [-0.3, -0.25) is 9.59 Å². The fourth-order valence-electron chi connectivity index (χ4n) is 2.09. The minimum Gasteiger partial charge on any atom is -0.493 e. The van der Waals surface area contributed by atoms with E-state index in [-0.39, 0.29) is 24.7 Å². The Labute approximate surface area is 138 Å². The summed E-state index contributed by atoms with van der Waals surface area (Å²) in [5, 5.41) is 7.62. The van der Waals surface area contributed by atoms with Gasteiger partial charge in [0.15, 0.2) is 11.5 Å². The molecular formula is C15H18N4O5. The van der Waals surface area contributed by atoms with Crippen molar-refractivity contribution in [2.24, 2.45) is 10.2 Å². The first-order chi connectivity index (χ1) is 11.6. The third-order valence-corrected chi connectivity index (χ3v) is 3.16. The molecule has 2 rings (SSSR count). The molecule has 1 aliphatic rings. The molecule has 2 amide bonds. The van der Waals surface area contributed by atoms with E-state index in [1.165, 1.54) is 27.5 Å². The molecule has 0 saturated carbocycles. The van der Waals surface area contributed by atoms with E-state index in [1.54, 1.807) is 12.1 Å². The van der Waals surface area contributed by atoms with Crippen LogP contribution in [0.5, 0.6) is 17.2 Å². The first-order valence-electron chi connectivity index (χ1n) is 7.03. The van der Waals surface area contributed by atoms with E-state index in [1.807, 2.05) is 0 Å². The Kier molecular flexibility index (Phi) is 5.72. The molecule has 1 aromatic carbocycles. The van der Waals surface area contributed by atoms with Crippen LogP contribution in [0.1, 0.15) is 18.4 Å². The van der Waals surface area contributed by atoms with Gasteiger partial charge in [-0.25, -0.2) is 10.9 Å². The van der Waals surface area contributed by atoms with Crippen molar-refractivity contribution in [3.8, 4) is 17.2 Å². The van der Waals surface area contributed by atoms with E-state index in [0.717, 1.165) is 0 Å². The van der Waals surface area contributed by atoms with Gasteiger partial charge in [0, 0.05) is 5.56 Å². The van der Waals surface area contributed by atoms with E-state index in [9.17, 15) is 9.59 Å². The number of nitrogens with one attached hydrogen (secondary N) is 2. The number of amides is 2. The van der Waals surface area contributed by atoms with E-state index in [2.05, 4.69) is 21.1 Å². The van der Waals surface area contributed by atoms with Gasteiger partial charge in [0.05, 0.1) is 46.1 Å². The minimum absolute atomic E-state index is 0.00529. The maximum atomic E-state index is 11.7. The number of hydrogen-bond donors (Lipinski definition) is 2. The lowest BCUT2D eigenvalue weighted by atomic mass is 10.2. The minimum atomic E-state index is -0.367. The van der Waals surface area contributed by atoms with Crippen LogP contribution < -0.4 is 25.1 Å². The maximum Gasteiger partial charge on any atom is 0.245 e. The number of carbonyl (C=O) groups is 2. The van der Waals surface area contributed by atoms with Crippen molar-refractivity contribution in [2.45, 2.75) is 12.8 Å². The quantitative estimate of drug-likeness (QED) is 0.555. The van der Waals surface area contributed by atoms with Crippen LogP contribution in [-0.4, -0.2) is 45.1 Å². The van der Waals surface area contributed by atoms with Crippen LogP contribution in [0.15, 0.2) is 22.3 Å². The Hall–Kier alpha value is -3.10. The molecule has 1 aliphatic heterocycles. The van der Waals surface area contributed by atoms with Crippen LogP contribution in [0, 0.1) is 0 Å². The molecule has 0 bridgehead atoms. The molecule has 0 radical (unpaired) electrons. The molecule has 9 heteroatoms. The molecule has 24 heavy (non-hydrogen) atoms. The van der Waals surface area contributed by atoms with Gasteiger partial charge >= 0.3 is 0 Å². The number of hydrogen-bond acceptors (Lipinski definition) is 7. The van der Waals surface area contributed by atoms with Crippen LogP contribution >= 0.6 is 0 Å². The van der Waals surface area contributed by atoms with Crippen molar-refractivity contribution in [3.63, 3.8) is 0 Å². The lowest BCUT2D eigenvalue weighted by Gasteiger charge is -2.12. The number of nitrogens with zero attached hydrogens (tertiary/aromatic N) is 2. The highest BCUT2D eigenvalue weighted by atomic mass is 16.5. The summed E-state index contributed by atoms with van der Waals surface area (Å²) >= 11 is 0. The smallest absolute Gasteiger partial charge is 0.245 e. The van der Waals surface area contributed by atoms with Crippen LogP contribution in [-0.2, 0) is 9.59 Å². The highest BCUT2D eigenvalue weighted by molar-refractivity contribution is 6.11. The van der Waals surface area contributed by atoms with Crippen molar-refractivity contribution in [1.29, 1.82) is 0 Å². The Morgan fingerprint density at radius 2 is 1.96 bits per heavy atom. The van der Waals surface area contributed by atoms with Crippen molar-refractivity contribution in [2.75, 3.05) is 21.3 Å². The highest BCUT2D eigenvalue weighted by Crippen LogP contribution is 2.37. The highest BCUT2D eigenvalue weighted by Gasteiger charge is 2.17. The van der Waals surface area contributed by atoms with Gasteiger partial charge in [-0.2, -0.15) is 10.2 Å². The molecule has 1 aromatic rings. The van der Waals surface area contributed by atoms with Crippen LogP contribution in [0.4, 0.5) is 0 Å². The van der Waals surface area contributed by atoms with E-state index in [0.29, 0.717) is 28.5 Å². The Morgan fingerprint density at radius 3 is 2.46 bits per heavy atom. The SMILES string of the molecule is COc1cc(C=NNC(=O)CC2=NNC(=O)C2)cc(OC)c1OC. The first kappa shape index (κ1) is 17.3. The average Bonchev–Trinajstić information content (AvgIpc) is 2.98. The summed E-state index contributed by atoms with van der Waals surface area (Å²) in [7, 11) is 4.54. The maximum absolute atomic E-state index is 11.7. The molecule has 128 valence electrons. The Morgan fingerprint density at radius 1 is 1.29 bits per heavy atom. The van der Waals surface area contributed by atoms with Gasteiger partial charge in [0.25, 0.3) is 0 Å². The van der Waals surface area contributed by atoms with Gasteiger partial charge in [-0.15, -0.1) is 0 Å². The zero-order valence-electron chi connectivity index (χ0n) is 13.6. The van der Waals surface area contributed by atoms with Crippen molar-refractivity contribution in [3.05, 3.63) is 17.7 Å². The summed E-state index contributed by atoms with van der Waals surface area (Å²) in [5.74, 6) is 0.842. The van der Waals surface area contributed by atoms with E-state index < -0.39 is 0 Å². The standard InChI is InChI=1S/C15H18N4O5/c1-22-11-4-9(5-12(23-2)15(11)24-3)8-16-18-13(20)6-10-7-14(21)19-17-10/h4-5,8H,6-7H2,1-3H3,(H,18,20)(H,19,21). The molecule has 0 aliphatic carbocycles. The molecule has 0 spiro atoms. The largest absolute Gasteiger partial charge is 0.493 e. The van der Waals surface area contributed by atoms with Gasteiger partial charge < -0.3 is 14.2 Å². The van der Waals surface area contributed by atoms with Gasteiger partial charge in [0.2, 0.25) is 17.6 Å². The zero-order chi connectivity index (χ0) is 17.5. The van der Waals surface area contributed by atoms with Crippen molar-refractivity contribution >= 4 is 23.7 Å². The summed E-state index contributed by atoms with van der Waals surface area (Å²) in [6.45, 7) is 0. The second-order valence-corrected chi connectivity index (χ2v) is 4.82. The fourth-order valence-corrected chi connectivity index (χ4v) is 2.09. The molecule has 9 nitrogen and oxygen atoms in total. The molecule has 2 N–H and O–H groups in total. The summed E-state index contributed by atoms with van der Waals surface area (Å²) < 4.78 is 15.7. The number of carbonyl (C=O) groups excluding carboxylic acids is 2.